The van der Waals surface area contributed by atoms with Crippen LogP contribution >= 0.6 is 7.82 Å². The Kier molecular flexibility index (Phi) is 37.0. The zero-order chi connectivity index (χ0) is 35.9. The molecule has 0 radical (unpaired) electrons. The smallest absolute Gasteiger partial charge is 0.457 e. The lowest BCUT2D eigenvalue weighted by molar-refractivity contribution is -0.154. The van der Waals surface area contributed by atoms with Crippen molar-refractivity contribution in [2.24, 2.45) is 5.73 Å². The van der Waals surface area contributed by atoms with E-state index in [1.165, 1.54) is 109 Å². The van der Waals surface area contributed by atoms with Crippen LogP contribution in [-0.4, -0.2) is 49.9 Å². The summed E-state index contributed by atoms with van der Waals surface area (Å²) in [6.45, 7) is 4.85. The van der Waals surface area contributed by atoms with Gasteiger partial charge in [0.15, 0.2) is 0 Å². The molecule has 0 spiro atoms. The second-order valence-corrected chi connectivity index (χ2v) is 14.6. The first-order valence-electron chi connectivity index (χ1n) is 20.0. The fraction of sp³-hybridized carbons (Fsp3) is 0.825. The molecule has 9 heteroatoms. The molecule has 0 aliphatic rings. The van der Waals surface area contributed by atoms with Gasteiger partial charge >= 0.3 is 13.8 Å². The van der Waals surface area contributed by atoms with Gasteiger partial charge in [0.05, 0.1) is 19.8 Å². The predicted octanol–water partition coefficient (Wildman–Crippen LogP) is 11.5. The minimum Gasteiger partial charge on any atom is -0.457 e. The van der Waals surface area contributed by atoms with Gasteiger partial charge in [0.2, 0.25) is 0 Å². The number of hydrogen-bond acceptors (Lipinski definition) is 7. The summed E-state index contributed by atoms with van der Waals surface area (Å²) in [7, 11) is -4.27. The Labute approximate surface area is 301 Å². The topological polar surface area (TPSA) is 117 Å². The molecule has 0 amide bonds. The average Bonchev–Trinajstić information content (AvgIpc) is 3.09. The van der Waals surface area contributed by atoms with Crippen molar-refractivity contribution in [1.82, 2.24) is 0 Å². The summed E-state index contributed by atoms with van der Waals surface area (Å²) in [6.07, 6.45) is 41.5. The maximum absolute atomic E-state index is 12.5. The maximum atomic E-state index is 12.5. The summed E-state index contributed by atoms with van der Waals surface area (Å²) >= 11 is 0. The summed E-state index contributed by atoms with van der Waals surface area (Å²) in [5, 5.41) is 0. The molecule has 0 aliphatic carbocycles. The quantitative estimate of drug-likeness (QED) is 0.0281. The monoisotopic (exact) mass is 714 g/mol. The van der Waals surface area contributed by atoms with Gasteiger partial charge in [0.25, 0.3) is 0 Å². The van der Waals surface area contributed by atoms with Gasteiger partial charge in [-0.25, -0.2) is 4.57 Å². The largest absolute Gasteiger partial charge is 0.472 e. The minimum absolute atomic E-state index is 0.0975. The number of phosphoric acid groups is 1. The molecule has 0 aromatic carbocycles. The standard InChI is InChI=1S/C40H76NO7P/c1-3-5-7-9-11-13-15-17-18-19-20-21-23-25-27-29-31-33-40(42)48-39(38-47-49(43,44)46-36-34-41)37-45-35-32-30-28-26-24-22-16-14-12-10-8-6-4-2/h11-14,17-18,39H,3-10,15-16,19-38,41H2,1-2H3,(H,43,44)/b13-11-,14-12-,18-17-. The first-order chi connectivity index (χ1) is 23.9. The third kappa shape index (κ3) is 37.8. The van der Waals surface area contributed by atoms with E-state index in [1.807, 2.05) is 0 Å². The van der Waals surface area contributed by atoms with Crippen molar-refractivity contribution < 1.29 is 32.8 Å². The molecule has 0 bridgehead atoms. The molecular formula is C40H76NO7P. The first kappa shape index (κ1) is 47.7. The van der Waals surface area contributed by atoms with Crippen LogP contribution in [0.4, 0.5) is 0 Å². The lowest BCUT2D eigenvalue weighted by atomic mass is 10.1. The van der Waals surface area contributed by atoms with Crippen LogP contribution in [0.15, 0.2) is 36.5 Å². The molecule has 2 atom stereocenters. The molecular weight excluding hydrogens is 637 g/mol. The SMILES string of the molecule is CCCCC/C=C\C/C=C\CCCCCCCCCC(=O)OC(COCCCCCCCC/C=C\CCCCC)COP(=O)(O)OCCN. The Hall–Kier alpha value is -1.28. The Morgan fingerprint density at radius 1 is 0.612 bits per heavy atom. The summed E-state index contributed by atoms with van der Waals surface area (Å²) < 4.78 is 33.3. The fourth-order valence-corrected chi connectivity index (χ4v) is 6.08. The van der Waals surface area contributed by atoms with E-state index < -0.39 is 13.9 Å². The van der Waals surface area contributed by atoms with Crippen molar-refractivity contribution in [1.29, 1.82) is 0 Å². The van der Waals surface area contributed by atoms with Crippen LogP contribution in [0.2, 0.25) is 0 Å². The second kappa shape index (κ2) is 38.0. The maximum Gasteiger partial charge on any atom is 0.472 e. The first-order valence-corrected chi connectivity index (χ1v) is 21.5. The third-order valence-corrected chi connectivity index (χ3v) is 9.26. The molecule has 8 nitrogen and oxygen atoms in total. The van der Waals surface area contributed by atoms with Crippen molar-refractivity contribution in [3.05, 3.63) is 36.5 Å². The summed E-state index contributed by atoms with van der Waals surface area (Å²) in [5.74, 6) is -0.341. The Balaban J connectivity index is 4.09. The molecule has 0 saturated heterocycles. The van der Waals surface area contributed by atoms with Crippen LogP contribution in [0.25, 0.3) is 0 Å². The number of esters is 1. The normalized spacial score (nSPS) is 14.0. The summed E-state index contributed by atoms with van der Waals surface area (Å²) in [6, 6.07) is 0. The molecule has 49 heavy (non-hydrogen) atoms. The number of unbranched alkanes of at least 4 members (excludes halogenated alkanes) is 19. The van der Waals surface area contributed by atoms with Gasteiger partial charge < -0.3 is 20.1 Å². The van der Waals surface area contributed by atoms with Crippen LogP contribution in [0.1, 0.15) is 174 Å². The van der Waals surface area contributed by atoms with Crippen molar-refractivity contribution in [3.63, 3.8) is 0 Å². The predicted molar refractivity (Wildman–Crippen MR) is 206 cm³/mol. The van der Waals surface area contributed by atoms with Gasteiger partial charge in [-0.05, 0) is 70.6 Å². The Morgan fingerprint density at radius 2 is 1.08 bits per heavy atom. The molecule has 0 rings (SSSR count). The van der Waals surface area contributed by atoms with Crippen LogP contribution in [-0.2, 0) is 27.9 Å². The summed E-state index contributed by atoms with van der Waals surface area (Å²) in [5.41, 5.74) is 5.35. The van der Waals surface area contributed by atoms with Crippen LogP contribution < -0.4 is 5.73 Å². The molecule has 0 saturated carbocycles. The van der Waals surface area contributed by atoms with Crippen molar-refractivity contribution >= 4 is 13.8 Å². The van der Waals surface area contributed by atoms with Gasteiger partial charge in [-0.2, -0.15) is 0 Å². The van der Waals surface area contributed by atoms with Gasteiger partial charge in [-0.3, -0.25) is 13.8 Å². The Bertz CT molecular complexity index is 848. The molecule has 288 valence electrons. The van der Waals surface area contributed by atoms with E-state index in [0.29, 0.717) is 13.0 Å². The van der Waals surface area contributed by atoms with Crippen molar-refractivity contribution in [3.8, 4) is 0 Å². The van der Waals surface area contributed by atoms with E-state index in [0.717, 1.165) is 44.9 Å². The van der Waals surface area contributed by atoms with E-state index >= 15 is 0 Å². The van der Waals surface area contributed by atoms with E-state index in [4.69, 9.17) is 24.3 Å². The number of hydrogen-bond donors (Lipinski definition) is 2. The highest BCUT2D eigenvalue weighted by atomic mass is 31.2. The van der Waals surface area contributed by atoms with Gasteiger partial charge in [0, 0.05) is 19.6 Å². The molecule has 0 aromatic heterocycles. The lowest BCUT2D eigenvalue weighted by Crippen LogP contribution is -2.28. The molecule has 2 unspecified atom stereocenters. The third-order valence-electron chi connectivity index (χ3n) is 8.28. The van der Waals surface area contributed by atoms with Crippen molar-refractivity contribution in [2.75, 3.05) is 33.0 Å². The molecule has 3 N–H and O–H groups in total. The number of rotatable bonds is 38. The van der Waals surface area contributed by atoms with Crippen LogP contribution in [0.3, 0.4) is 0 Å². The zero-order valence-corrected chi connectivity index (χ0v) is 32.6. The van der Waals surface area contributed by atoms with Crippen LogP contribution in [0, 0.1) is 0 Å². The second-order valence-electron chi connectivity index (χ2n) is 13.1. The van der Waals surface area contributed by atoms with Crippen LogP contribution in [0.5, 0.6) is 0 Å². The van der Waals surface area contributed by atoms with Gasteiger partial charge in [0.1, 0.15) is 6.10 Å². The number of phosphoric ester groups is 1. The Morgan fingerprint density at radius 3 is 1.61 bits per heavy atom. The fourth-order valence-electron chi connectivity index (χ4n) is 5.31. The molecule has 0 heterocycles. The zero-order valence-electron chi connectivity index (χ0n) is 31.7. The average molecular weight is 714 g/mol. The highest BCUT2D eigenvalue weighted by Gasteiger charge is 2.25. The molecule has 0 aliphatic heterocycles. The van der Waals surface area contributed by atoms with Crippen molar-refractivity contribution in [2.45, 2.75) is 180 Å². The molecule has 0 fully saturated rings. The van der Waals surface area contributed by atoms with E-state index in [-0.39, 0.29) is 32.3 Å². The lowest BCUT2D eigenvalue weighted by Gasteiger charge is -2.20. The number of carbonyl (C=O) groups is 1. The van der Waals surface area contributed by atoms with E-state index in [1.54, 1.807) is 0 Å². The van der Waals surface area contributed by atoms with E-state index in [9.17, 15) is 14.3 Å². The number of ether oxygens (including phenoxy) is 2. The summed E-state index contributed by atoms with van der Waals surface area (Å²) in [4.78, 5) is 22.4. The number of nitrogens with two attached hydrogens (primary N) is 1. The van der Waals surface area contributed by atoms with E-state index in [2.05, 4.69) is 50.3 Å². The highest BCUT2D eigenvalue weighted by molar-refractivity contribution is 7.47. The van der Waals surface area contributed by atoms with Gasteiger partial charge in [-0.1, -0.05) is 134 Å². The number of carbonyl (C=O) groups excluding carboxylic acids is 1. The minimum atomic E-state index is -4.27. The number of allylic oxidation sites excluding steroid dienone is 6. The van der Waals surface area contributed by atoms with Gasteiger partial charge in [-0.15, -0.1) is 0 Å². The molecule has 0 aromatic rings. The highest BCUT2D eigenvalue weighted by Crippen LogP contribution is 2.43.